The first kappa shape index (κ1) is 13.9. The number of hydrogen-bond acceptors (Lipinski definition) is 0. The van der Waals surface area contributed by atoms with Crippen LogP contribution < -0.4 is 0 Å². The van der Waals surface area contributed by atoms with Gasteiger partial charge in [0.05, 0.1) is 0 Å². The van der Waals surface area contributed by atoms with Crippen molar-refractivity contribution < 1.29 is 0 Å². The number of allylic oxidation sites excluding steroid dienone is 5. The minimum absolute atomic E-state index is 0.152. The monoisotopic (exact) mass is 252 g/mol. The van der Waals surface area contributed by atoms with Crippen molar-refractivity contribution in [2.75, 3.05) is 0 Å². The van der Waals surface area contributed by atoms with Gasteiger partial charge in [0.15, 0.2) is 0 Å². The van der Waals surface area contributed by atoms with Crippen molar-refractivity contribution in [2.24, 2.45) is 5.92 Å². The Morgan fingerprint density at radius 3 is 2.47 bits per heavy atom. The van der Waals surface area contributed by atoms with Gasteiger partial charge in [0.2, 0.25) is 0 Å². The molecule has 0 bridgehead atoms. The van der Waals surface area contributed by atoms with Gasteiger partial charge in [0.25, 0.3) is 0 Å². The maximum Gasteiger partial charge on any atom is 0.0160 e. The van der Waals surface area contributed by atoms with E-state index < -0.39 is 0 Å². The van der Waals surface area contributed by atoms with E-state index in [-0.39, 0.29) is 5.41 Å². The van der Waals surface area contributed by atoms with Crippen LogP contribution in [0.25, 0.3) is 0 Å². The van der Waals surface area contributed by atoms with Crippen LogP contribution in [-0.2, 0) is 5.41 Å². The van der Waals surface area contributed by atoms with Gasteiger partial charge in [-0.3, -0.25) is 0 Å². The third kappa shape index (κ3) is 2.10. The normalized spacial score (nSPS) is 25.6. The summed E-state index contributed by atoms with van der Waals surface area (Å²) in [6.45, 7) is 13.0. The highest BCUT2D eigenvalue weighted by molar-refractivity contribution is 5.51. The van der Waals surface area contributed by atoms with Crippen molar-refractivity contribution >= 4 is 0 Å². The topological polar surface area (TPSA) is 0 Å². The largest absolute Gasteiger partial charge is 0.103 e. The van der Waals surface area contributed by atoms with Gasteiger partial charge >= 0.3 is 0 Å². The van der Waals surface area contributed by atoms with Gasteiger partial charge in [0, 0.05) is 5.92 Å². The van der Waals surface area contributed by atoms with Gasteiger partial charge in [-0.2, -0.15) is 0 Å². The van der Waals surface area contributed by atoms with Gasteiger partial charge in [-0.15, -0.1) is 6.58 Å². The van der Waals surface area contributed by atoms with E-state index in [0.717, 1.165) is 0 Å². The lowest BCUT2D eigenvalue weighted by molar-refractivity contribution is 0.392. The number of benzene rings is 1. The first-order valence-corrected chi connectivity index (χ1v) is 7.08. The van der Waals surface area contributed by atoms with Crippen molar-refractivity contribution in [3.63, 3.8) is 0 Å². The fourth-order valence-corrected chi connectivity index (χ4v) is 3.53. The molecular formula is C19H24. The molecule has 1 aliphatic rings. The number of hydrogen-bond donors (Lipinski definition) is 0. The molecular weight excluding hydrogens is 228 g/mol. The first-order chi connectivity index (χ1) is 9.07. The highest BCUT2D eigenvalue weighted by Gasteiger charge is 2.44. The quantitative estimate of drug-likeness (QED) is 0.500. The Hall–Kier alpha value is -1.56. The molecule has 0 nitrogen and oxygen atoms in total. The van der Waals surface area contributed by atoms with E-state index in [4.69, 9.17) is 0 Å². The molecule has 1 aromatic rings. The second-order valence-corrected chi connectivity index (χ2v) is 5.84. The summed E-state index contributed by atoms with van der Waals surface area (Å²) in [7, 11) is 0. The van der Waals surface area contributed by atoms with Crippen LogP contribution in [0, 0.1) is 5.92 Å². The molecule has 19 heavy (non-hydrogen) atoms. The summed E-state index contributed by atoms with van der Waals surface area (Å²) in [6, 6.07) is 8.84. The van der Waals surface area contributed by atoms with E-state index in [1.54, 1.807) is 0 Å². The molecule has 0 saturated carbocycles. The zero-order valence-electron chi connectivity index (χ0n) is 12.5. The van der Waals surface area contributed by atoms with Crippen LogP contribution in [0.4, 0.5) is 0 Å². The molecule has 0 heterocycles. The smallest absolute Gasteiger partial charge is 0.0160 e. The molecule has 0 aliphatic heterocycles. The number of fused-ring (bicyclic) bond motifs is 1. The number of rotatable bonds is 3. The summed E-state index contributed by atoms with van der Waals surface area (Å²) < 4.78 is 0. The molecule has 100 valence electrons. The Labute approximate surface area is 117 Å². The molecule has 0 amide bonds. The van der Waals surface area contributed by atoms with E-state index in [0.29, 0.717) is 11.8 Å². The highest BCUT2D eigenvalue weighted by Crippen LogP contribution is 2.53. The van der Waals surface area contributed by atoms with Crippen LogP contribution >= 0.6 is 0 Å². The minimum atomic E-state index is 0.152. The maximum atomic E-state index is 4.10. The van der Waals surface area contributed by atoms with Crippen LogP contribution in [0.3, 0.4) is 0 Å². The van der Waals surface area contributed by atoms with Gasteiger partial charge in [-0.25, -0.2) is 0 Å². The molecule has 2 unspecified atom stereocenters. The molecule has 0 saturated heterocycles. The fourth-order valence-electron chi connectivity index (χ4n) is 3.53. The Balaban J connectivity index is 2.63. The second kappa shape index (κ2) is 5.21. The molecule has 1 aliphatic carbocycles. The predicted octanol–water partition coefficient (Wildman–Crippen LogP) is 5.39. The van der Waals surface area contributed by atoms with Gasteiger partial charge < -0.3 is 0 Å². The molecule has 0 N–H and O–H groups in total. The molecule has 0 fully saturated rings. The van der Waals surface area contributed by atoms with Crippen molar-refractivity contribution in [3.8, 4) is 0 Å². The Morgan fingerprint density at radius 1 is 1.21 bits per heavy atom. The van der Waals surface area contributed by atoms with Gasteiger partial charge in [0.1, 0.15) is 0 Å². The zero-order valence-corrected chi connectivity index (χ0v) is 12.5. The highest BCUT2D eigenvalue weighted by atomic mass is 14.5. The van der Waals surface area contributed by atoms with Crippen molar-refractivity contribution in [1.82, 2.24) is 0 Å². The zero-order chi connectivity index (χ0) is 14.0. The van der Waals surface area contributed by atoms with E-state index in [1.807, 2.05) is 0 Å². The third-order valence-corrected chi connectivity index (χ3v) is 4.49. The maximum absolute atomic E-state index is 4.10. The molecule has 0 radical (unpaired) electrons. The van der Waals surface area contributed by atoms with E-state index in [1.165, 1.54) is 16.7 Å². The average Bonchev–Trinajstić information content (AvgIpc) is 2.64. The Morgan fingerprint density at radius 2 is 1.89 bits per heavy atom. The lowest BCUT2D eigenvalue weighted by Gasteiger charge is -2.29. The summed E-state index contributed by atoms with van der Waals surface area (Å²) in [4.78, 5) is 0. The molecule has 0 heteroatoms. The summed E-state index contributed by atoms with van der Waals surface area (Å²) in [5, 5.41) is 0. The lowest BCUT2D eigenvalue weighted by atomic mass is 9.74. The lowest BCUT2D eigenvalue weighted by Crippen LogP contribution is -2.24. The summed E-state index contributed by atoms with van der Waals surface area (Å²) >= 11 is 0. The van der Waals surface area contributed by atoms with E-state index >= 15 is 0 Å². The summed E-state index contributed by atoms with van der Waals surface area (Å²) in [5.41, 5.74) is 4.47. The molecule has 2 rings (SSSR count). The van der Waals surface area contributed by atoms with Crippen molar-refractivity contribution in [3.05, 3.63) is 71.8 Å². The SMILES string of the molecule is C=CC1C(C(/C=C\C)=C/C)c2ccccc2C1(C)C. The molecule has 1 aromatic carbocycles. The van der Waals surface area contributed by atoms with Crippen LogP contribution in [0.2, 0.25) is 0 Å². The predicted molar refractivity (Wildman–Crippen MR) is 84.5 cm³/mol. The van der Waals surface area contributed by atoms with Gasteiger partial charge in [-0.05, 0) is 41.9 Å². The molecule has 0 aromatic heterocycles. The summed E-state index contributed by atoms with van der Waals surface area (Å²) in [6.07, 6.45) is 8.74. The van der Waals surface area contributed by atoms with Crippen LogP contribution in [-0.4, -0.2) is 0 Å². The van der Waals surface area contributed by atoms with Crippen LogP contribution in [0.15, 0.2) is 60.7 Å². The summed E-state index contributed by atoms with van der Waals surface area (Å²) in [5.74, 6) is 0.886. The Bertz CT molecular complexity index is 529. The molecule has 2 atom stereocenters. The van der Waals surface area contributed by atoms with Crippen molar-refractivity contribution in [1.29, 1.82) is 0 Å². The standard InChI is InChI=1S/C19H24/c1-6-11-14(7-2)18-15-12-9-10-13-17(15)19(4,5)16(18)8-3/h6-13,16,18H,3H2,1-2,4-5H3/b11-6-,14-7+. The molecule has 0 spiro atoms. The Kier molecular flexibility index (Phi) is 3.80. The van der Waals surface area contributed by atoms with Crippen LogP contribution in [0.5, 0.6) is 0 Å². The van der Waals surface area contributed by atoms with E-state index in [2.05, 4.69) is 82.8 Å². The second-order valence-electron chi connectivity index (χ2n) is 5.84. The minimum Gasteiger partial charge on any atom is -0.103 e. The first-order valence-electron chi connectivity index (χ1n) is 7.08. The van der Waals surface area contributed by atoms with Crippen molar-refractivity contribution in [2.45, 2.75) is 39.0 Å². The van der Waals surface area contributed by atoms with E-state index in [9.17, 15) is 0 Å². The van der Waals surface area contributed by atoms with Gasteiger partial charge in [-0.1, -0.05) is 62.4 Å². The van der Waals surface area contributed by atoms with Crippen LogP contribution in [0.1, 0.15) is 44.7 Å². The fraction of sp³-hybridized carbons (Fsp3) is 0.368. The average molecular weight is 252 g/mol. The third-order valence-electron chi connectivity index (χ3n) is 4.49.